The van der Waals surface area contributed by atoms with Gasteiger partial charge in [0, 0.05) is 28.1 Å². The molecular weight excluding hydrogens is 356 g/mol. The minimum atomic E-state index is -0.306. The van der Waals surface area contributed by atoms with Gasteiger partial charge in [0.15, 0.2) is 0 Å². The monoisotopic (exact) mass is 378 g/mol. The summed E-state index contributed by atoms with van der Waals surface area (Å²) in [6.07, 6.45) is 0.0340. The van der Waals surface area contributed by atoms with Crippen molar-refractivity contribution in [3.05, 3.63) is 45.9 Å². The molecule has 0 fully saturated rings. The molecule has 1 N–H and O–H groups in total. The molecule has 0 aliphatic rings. The van der Waals surface area contributed by atoms with Crippen molar-refractivity contribution in [3.8, 4) is 0 Å². The highest BCUT2D eigenvalue weighted by Gasteiger charge is 2.09. The molecule has 0 saturated heterocycles. The summed E-state index contributed by atoms with van der Waals surface area (Å²) >= 11 is 3.33. The number of amides is 1. The van der Waals surface area contributed by atoms with Gasteiger partial charge < -0.3 is 10.1 Å². The SMILES string of the molecule is Cc1nc(CSc2ccc(C(=O)NCCC(=O)OC(C)C)cc2)cs1. The van der Waals surface area contributed by atoms with Gasteiger partial charge in [0.1, 0.15) is 0 Å². The molecule has 1 heterocycles. The lowest BCUT2D eigenvalue weighted by molar-refractivity contribution is -0.147. The average molecular weight is 379 g/mol. The number of hydrogen-bond acceptors (Lipinski definition) is 6. The molecule has 0 bridgehead atoms. The number of carbonyl (C=O) groups excluding carboxylic acids is 2. The van der Waals surface area contributed by atoms with Gasteiger partial charge in [-0.05, 0) is 45.0 Å². The lowest BCUT2D eigenvalue weighted by atomic mass is 10.2. The van der Waals surface area contributed by atoms with Crippen LogP contribution in [0.4, 0.5) is 0 Å². The first-order chi connectivity index (χ1) is 11.9. The van der Waals surface area contributed by atoms with E-state index in [1.54, 1.807) is 49.1 Å². The molecule has 7 heteroatoms. The fourth-order valence-electron chi connectivity index (χ4n) is 2.04. The van der Waals surface area contributed by atoms with E-state index in [4.69, 9.17) is 4.74 Å². The standard InChI is InChI=1S/C18H22N2O3S2/c1-12(2)23-17(21)8-9-19-18(22)14-4-6-16(7-5-14)25-11-15-10-24-13(3)20-15/h4-7,10,12H,8-9,11H2,1-3H3,(H,19,22). The van der Waals surface area contributed by atoms with E-state index in [0.717, 1.165) is 21.3 Å². The number of rotatable bonds is 8. The summed E-state index contributed by atoms with van der Waals surface area (Å²) < 4.78 is 5.02. The molecule has 5 nitrogen and oxygen atoms in total. The van der Waals surface area contributed by atoms with Gasteiger partial charge in [-0.3, -0.25) is 9.59 Å². The van der Waals surface area contributed by atoms with Crippen molar-refractivity contribution in [2.75, 3.05) is 6.54 Å². The van der Waals surface area contributed by atoms with Gasteiger partial charge in [-0.1, -0.05) is 0 Å². The highest BCUT2D eigenvalue weighted by atomic mass is 32.2. The molecule has 0 radical (unpaired) electrons. The van der Waals surface area contributed by atoms with Crippen LogP contribution in [0, 0.1) is 6.92 Å². The van der Waals surface area contributed by atoms with E-state index in [1.807, 2.05) is 19.1 Å². The van der Waals surface area contributed by atoms with Crippen LogP contribution in [-0.4, -0.2) is 29.5 Å². The lowest BCUT2D eigenvalue weighted by Gasteiger charge is -2.09. The third kappa shape index (κ3) is 6.88. The first kappa shape index (κ1) is 19.5. The Hall–Kier alpha value is -1.86. The van der Waals surface area contributed by atoms with Crippen molar-refractivity contribution in [2.24, 2.45) is 0 Å². The van der Waals surface area contributed by atoms with Gasteiger partial charge in [-0.25, -0.2) is 4.98 Å². The zero-order valence-corrected chi connectivity index (χ0v) is 16.2. The molecule has 0 aliphatic carbocycles. The Morgan fingerprint density at radius 2 is 2.00 bits per heavy atom. The average Bonchev–Trinajstić information content (AvgIpc) is 2.98. The minimum Gasteiger partial charge on any atom is -0.463 e. The van der Waals surface area contributed by atoms with Crippen molar-refractivity contribution >= 4 is 35.0 Å². The fourth-order valence-corrected chi connectivity index (χ4v) is 3.55. The van der Waals surface area contributed by atoms with E-state index in [2.05, 4.69) is 15.7 Å². The topological polar surface area (TPSA) is 68.3 Å². The molecule has 25 heavy (non-hydrogen) atoms. The summed E-state index contributed by atoms with van der Waals surface area (Å²) in [6.45, 7) is 5.86. The summed E-state index contributed by atoms with van der Waals surface area (Å²) in [5.41, 5.74) is 1.65. The van der Waals surface area contributed by atoms with E-state index in [-0.39, 0.29) is 30.9 Å². The number of hydrogen-bond donors (Lipinski definition) is 1. The molecule has 0 aliphatic heterocycles. The number of nitrogens with one attached hydrogen (secondary N) is 1. The molecule has 1 aromatic heterocycles. The van der Waals surface area contributed by atoms with Crippen LogP contribution in [0.3, 0.4) is 0 Å². The number of benzene rings is 1. The zero-order valence-electron chi connectivity index (χ0n) is 14.6. The van der Waals surface area contributed by atoms with E-state index in [0.29, 0.717) is 5.56 Å². The van der Waals surface area contributed by atoms with Crippen LogP contribution in [-0.2, 0) is 15.3 Å². The molecule has 0 spiro atoms. The Bertz CT molecular complexity index is 711. The van der Waals surface area contributed by atoms with Crippen molar-refractivity contribution in [3.63, 3.8) is 0 Å². The maximum Gasteiger partial charge on any atom is 0.307 e. The Morgan fingerprint density at radius 3 is 2.60 bits per heavy atom. The van der Waals surface area contributed by atoms with Gasteiger partial charge in [-0.2, -0.15) is 0 Å². The van der Waals surface area contributed by atoms with Crippen LogP contribution in [0.5, 0.6) is 0 Å². The molecule has 2 aromatic rings. The predicted molar refractivity (Wildman–Crippen MR) is 101 cm³/mol. The van der Waals surface area contributed by atoms with Gasteiger partial charge in [0.2, 0.25) is 0 Å². The van der Waals surface area contributed by atoms with Gasteiger partial charge in [-0.15, -0.1) is 23.1 Å². The van der Waals surface area contributed by atoms with Crippen molar-refractivity contribution in [1.82, 2.24) is 10.3 Å². The maximum absolute atomic E-state index is 12.1. The molecular formula is C18H22N2O3S2. The van der Waals surface area contributed by atoms with E-state index >= 15 is 0 Å². The van der Waals surface area contributed by atoms with Crippen LogP contribution in [0.15, 0.2) is 34.5 Å². The summed E-state index contributed by atoms with van der Waals surface area (Å²) in [6, 6.07) is 7.42. The molecule has 134 valence electrons. The van der Waals surface area contributed by atoms with Gasteiger partial charge >= 0.3 is 5.97 Å². The zero-order chi connectivity index (χ0) is 18.2. The second-order valence-electron chi connectivity index (χ2n) is 5.72. The second kappa shape index (κ2) is 9.58. The molecule has 1 aromatic carbocycles. The highest BCUT2D eigenvalue weighted by Crippen LogP contribution is 2.23. The van der Waals surface area contributed by atoms with Gasteiger partial charge in [0.05, 0.1) is 23.2 Å². The largest absolute Gasteiger partial charge is 0.463 e. The number of nitrogens with zero attached hydrogens (tertiary/aromatic N) is 1. The summed E-state index contributed by atoms with van der Waals surface area (Å²) in [7, 11) is 0. The normalized spacial score (nSPS) is 10.7. The van der Waals surface area contributed by atoms with Crippen LogP contribution in [0.1, 0.15) is 41.3 Å². The summed E-state index contributed by atoms with van der Waals surface area (Å²) in [5, 5.41) is 5.86. The maximum atomic E-state index is 12.1. The van der Waals surface area contributed by atoms with Gasteiger partial charge in [0.25, 0.3) is 5.91 Å². The molecule has 0 atom stereocenters. The number of thioether (sulfide) groups is 1. The lowest BCUT2D eigenvalue weighted by Crippen LogP contribution is -2.27. The van der Waals surface area contributed by atoms with E-state index in [9.17, 15) is 9.59 Å². The summed E-state index contributed by atoms with van der Waals surface area (Å²) in [5.74, 6) is 0.316. The predicted octanol–water partition coefficient (Wildman–Crippen LogP) is 3.82. The number of aryl methyl sites for hydroxylation is 1. The smallest absolute Gasteiger partial charge is 0.307 e. The van der Waals surface area contributed by atoms with Crippen molar-refractivity contribution < 1.29 is 14.3 Å². The third-order valence-corrected chi connectivity index (χ3v) is 5.02. The third-order valence-electron chi connectivity index (χ3n) is 3.15. The highest BCUT2D eigenvalue weighted by molar-refractivity contribution is 7.98. The second-order valence-corrected chi connectivity index (χ2v) is 7.83. The Balaban J connectivity index is 1.76. The number of thiazole rings is 1. The first-order valence-corrected chi connectivity index (χ1v) is 9.92. The number of ether oxygens (including phenoxy) is 1. The Kier molecular flexibility index (Phi) is 7.46. The fraction of sp³-hybridized carbons (Fsp3) is 0.389. The van der Waals surface area contributed by atoms with Crippen LogP contribution in [0.2, 0.25) is 0 Å². The molecule has 0 unspecified atom stereocenters. The molecule has 2 rings (SSSR count). The van der Waals surface area contributed by atoms with Crippen LogP contribution in [0.25, 0.3) is 0 Å². The van der Waals surface area contributed by atoms with Crippen LogP contribution >= 0.6 is 23.1 Å². The number of aromatic nitrogens is 1. The first-order valence-electron chi connectivity index (χ1n) is 8.05. The van der Waals surface area contributed by atoms with Crippen molar-refractivity contribution in [2.45, 2.75) is 43.9 Å². The molecule has 1 amide bonds. The van der Waals surface area contributed by atoms with Crippen LogP contribution < -0.4 is 5.32 Å². The Labute approximate surface area is 156 Å². The number of carbonyl (C=O) groups is 2. The quantitative estimate of drug-likeness (QED) is 0.559. The van der Waals surface area contributed by atoms with E-state index in [1.165, 1.54) is 0 Å². The Morgan fingerprint density at radius 1 is 1.28 bits per heavy atom. The summed E-state index contributed by atoms with van der Waals surface area (Å²) in [4.78, 5) is 29.0. The van der Waals surface area contributed by atoms with E-state index < -0.39 is 0 Å². The number of esters is 1. The molecule has 0 saturated carbocycles. The van der Waals surface area contributed by atoms with Crippen molar-refractivity contribution in [1.29, 1.82) is 0 Å². The minimum absolute atomic E-state index is 0.138.